The number of hydrogen-bond donors (Lipinski definition) is 2. The second-order valence-corrected chi connectivity index (χ2v) is 9.18. The van der Waals surface area contributed by atoms with Crippen LogP contribution in [-0.2, 0) is 6.54 Å². The van der Waals surface area contributed by atoms with Crippen LogP contribution in [-0.4, -0.2) is 50.5 Å². The molecular weight excluding hydrogens is 452 g/mol. The molecule has 4 heterocycles. The lowest BCUT2D eigenvalue weighted by molar-refractivity contribution is 0.0958. The summed E-state index contributed by atoms with van der Waals surface area (Å²) in [5.41, 5.74) is 6.65. The Morgan fingerprint density at radius 2 is 2.12 bits per heavy atom. The third-order valence-corrected chi connectivity index (χ3v) is 6.73. The Kier molecular flexibility index (Phi) is 5.71. The molecule has 0 aliphatic carbocycles. The second-order valence-electron chi connectivity index (χ2n) is 8.77. The van der Waals surface area contributed by atoms with Gasteiger partial charge in [-0.05, 0) is 53.3 Å². The van der Waals surface area contributed by atoms with Gasteiger partial charge in [0.1, 0.15) is 5.69 Å². The average molecular weight is 477 g/mol. The van der Waals surface area contributed by atoms with Crippen LogP contribution in [0.1, 0.15) is 34.1 Å². The fourth-order valence-electron chi connectivity index (χ4n) is 4.67. The maximum absolute atomic E-state index is 12.5. The van der Waals surface area contributed by atoms with E-state index in [1.807, 2.05) is 18.2 Å². The Hall–Kier alpha value is -3.49. The van der Waals surface area contributed by atoms with E-state index in [1.165, 1.54) is 11.8 Å². The van der Waals surface area contributed by atoms with Gasteiger partial charge in [0.25, 0.3) is 11.5 Å². The number of carbonyl (C=O) groups is 1. The molecule has 1 atom stereocenters. The van der Waals surface area contributed by atoms with Crippen LogP contribution in [0.4, 0.5) is 0 Å². The maximum atomic E-state index is 12.5. The monoisotopic (exact) mass is 476 g/mol. The van der Waals surface area contributed by atoms with Gasteiger partial charge in [0, 0.05) is 32.9 Å². The predicted molar refractivity (Wildman–Crippen MR) is 133 cm³/mol. The first kappa shape index (κ1) is 22.3. The number of fused-ring (bicyclic) bond motifs is 3. The minimum Gasteiger partial charge on any atom is -0.354 e. The normalized spacial score (nSPS) is 16.7. The van der Waals surface area contributed by atoms with Gasteiger partial charge in [0.2, 0.25) is 0 Å². The summed E-state index contributed by atoms with van der Waals surface area (Å²) in [4.78, 5) is 33.9. The number of pyridine rings is 1. The van der Waals surface area contributed by atoms with Gasteiger partial charge in [-0.1, -0.05) is 30.7 Å². The summed E-state index contributed by atoms with van der Waals surface area (Å²) in [6.45, 7) is 6.74. The van der Waals surface area contributed by atoms with Gasteiger partial charge in [0.05, 0.1) is 22.3 Å². The number of hydrogen-bond acceptors (Lipinski definition) is 5. The molecule has 0 saturated carbocycles. The Labute approximate surface area is 201 Å². The highest BCUT2D eigenvalue weighted by Crippen LogP contribution is 2.29. The molecule has 0 spiro atoms. The van der Waals surface area contributed by atoms with Crippen molar-refractivity contribution < 1.29 is 4.79 Å². The average Bonchev–Trinajstić information content (AvgIpc) is 3.22. The zero-order valence-corrected chi connectivity index (χ0v) is 20.0. The lowest BCUT2D eigenvalue weighted by Gasteiger charge is -2.31. The highest BCUT2D eigenvalue weighted by Gasteiger charge is 2.22. The number of aromatic amines is 1. The number of halogens is 1. The molecule has 4 aromatic rings. The van der Waals surface area contributed by atoms with Crippen molar-refractivity contribution in [3.05, 3.63) is 80.5 Å². The van der Waals surface area contributed by atoms with E-state index < -0.39 is 0 Å². The van der Waals surface area contributed by atoms with Crippen LogP contribution in [0, 0.1) is 12.8 Å². The molecule has 3 aromatic heterocycles. The molecular formula is C25H25ClN6O2. The molecule has 1 unspecified atom stereocenters. The summed E-state index contributed by atoms with van der Waals surface area (Å²) < 4.78 is 1.61. The van der Waals surface area contributed by atoms with Crippen molar-refractivity contribution >= 4 is 39.6 Å². The number of nitrogens with one attached hydrogen (secondary N) is 2. The van der Waals surface area contributed by atoms with E-state index in [4.69, 9.17) is 11.6 Å². The lowest BCUT2D eigenvalue weighted by atomic mass is 9.91. The Bertz CT molecular complexity index is 1500. The molecule has 8 nitrogen and oxygen atoms in total. The van der Waals surface area contributed by atoms with E-state index in [1.54, 1.807) is 23.8 Å². The van der Waals surface area contributed by atoms with Gasteiger partial charge in [-0.15, -0.1) is 0 Å². The summed E-state index contributed by atoms with van der Waals surface area (Å²) in [6.07, 6.45) is 5.50. The van der Waals surface area contributed by atoms with Crippen molar-refractivity contribution in [1.29, 1.82) is 0 Å². The molecule has 1 amide bonds. The van der Waals surface area contributed by atoms with Gasteiger partial charge in [-0.25, -0.2) is 4.52 Å². The second kappa shape index (κ2) is 8.70. The molecule has 1 aliphatic rings. The third-order valence-electron chi connectivity index (χ3n) is 6.45. The first-order chi connectivity index (χ1) is 16.4. The van der Waals surface area contributed by atoms with Crippen molar-refractivity contribution in [2.45, 2.75) is 20.4 Å². The fraction of sp³-hybridized carbons (Fsp3) is 0.280. The zero-order chi connectivity index (χ0) is 24.0. The van der Waals surface area contributed by atoms with Gasteiger partial charge in [-0.3, -0.25) is 19.5 Å². The Balaban J connectivity index is 1.39. The third kappa shape index (κ3) is 3.89. The van der Waals surface area contributed by atoms with Crippen LogP contribution in [0.3, 0.4) is 0 Å². The van der Waals surface area contributed by atoms with Gasteiger partial charge in [-0.2, -0.15) is 5.10 Å². The summed E-state index contributed by atoms with van der Waals surface area (Å²) in [7, 11) is 1.60. The van der Waals surface area contributed by atoms with E-state index >= 15 is 0 Å². The van der Waals surface area contributed by atoms with Crippen LogP contribution in [0.15, 0.2) is 47.5 Å². The number of amides is 1. The van der Waals surface area contributed by atoms with Crippen LogP contribution in [0.2, 0.25) is 5.02 Å². The molecule has 0 fully saturated rings. The first-order valence-electron chi connectivity index (χ1n) is 11.2. The Morgan fingerprint density at radius 1 is 1.29 bits per heavy atom. The standard InChI is InChI=1S/C25H25ClN6O2/c1-14-8-22-21(30-25(34)23-19(26)11-29-32(22)23)9-17(14)13-31-7-6-18(15(2)12-31)16-4-5-20(28-10-16)24(33)27-3/h4-6,8-11,15H,7,12-13H2,1-3H3,(H,27,33)(H,30,34). The highest BCUT2D eigenvalue weighted by molar-refractivity contribution is 6.33. The number of H-pyrrole nitrogens is 1. The van der Waals surface area contributed by atoms with Gasteiger partial charge >= 0.3 is 0 Å². The van der Waals surface area contributed by atoms with Crippen molar-refractivity contribution in [2.24, 2.45) is 5.92 Å². The molecule has 5 rings (SSSR count). The minimum atomic E-state index is -0.250. The topological polar surface area (TPSA) is 95.4 Å². The molecule has 34 heavy (non-hydrogen) atoms. The molecule has 2 N–H and O–H groups in total. The first-order valence-corrected chi connectivity index (χ1v) is 11.5. The molecule has 1 aromatic carbocycles. The summed E-state index contributed by atoms with van der Waals surface area (Å²) in [5.74, 6) is 0.125. The Morgan fingerprint density at radius 3 is 2.82 bits per heavy atom. The summed E-state index contributed by atoms with van der Waals surface area (Å²) in [6, 6.07) is 7.80. The van der Waals surface area contributed by atoms with Crippen molar-refractivity contribution in [1.82, 2.24) is 29.8 Å². The molecule has 174 valence electrons. The summed E-state index contributed by atoms with van der Waals surface area (Å²) >= 11 is 6.14. The van der Waals surface area contributed by atoms with Crippen molar-refractivity contribution in [3.63, 3.8) is 0 Å². The van der Waals surface area contributed by atoms with Gasteiger partial charge < -0.3 is 10.3 Å². The van der Waals surface area contributed by atoms with Gasteiger partial charge in [0.15, 0.2) is 5.52 Å². The quantitative estimate of drug-likeness (QED) is 0.470. The molecule has 1 aliphatic heterocycles. The number of carbonyl (C=O) groups excluding carboxylic acids is 1. The molecule has 0 radical (unpaired) electrons. The van der Waals surface area contributed by atoms with Crippen LogP contribution in [0.25, 0.3) is 22.1 Å². The van der Waals surface area contributed by atoms with E-state index in [2.05, 4.69) is 45.2 Å². The molecule has 0 saturated heterocycles. The van der Waals surface area contributed by atoms with Crippen molar-refractivity contribution in [2.75, 3.05) is 20.1 Å². The molecule has 0 bridgehead atoms. The minimum absolute atomic E-state index is 0.188. The zero-order valence-electron chi connectivity index (χ0n) is 19.2. The van der Waals surface area contributed by atoms with E-state index in [0.29, 0.717) is 22.2 Å². The van der Waals surface area contributed by atoms with E-state index in [0.717, 1.165) is 47.4 Å². The highest BCUT2D eigenvalue weighted by atomic mass is 35.5. The number of rotatable bonds is 4. The van der Waals surface area contributed by atoms with Crippen molar-refractivity contribution in [3.8, 4) is 0 Å². The van der Waals surface area contributed by atoms with E-state index in [-0.39, 0.29) is 11.5 Å². The molecule has 9 heteroatoms. The van der Waals surface area contributed by atoms with Crippen LogP contribution >= 0.6 is 11.6 Å². The lowest BCUT2D eigenvalue weighted by Crippen LogP contribution is -2.33. The smallest absolute Gasteiger partial charge is 0.276 e. The number of benzene rings is 1. The largest absolute Gasteiger partial charge is 0.354 e. The maximum Gasteiger partial charge on any atom is 0.276 e. The van der Waals surface area contributed by atoms with Crippen LogP contribution in [0.5, 0.6) is 0 Å². The van der Waals surface area contributed by atoms with Crippen LogP contribution < -0.4 is 10.9 Å². The van der Waals surface area contributed by atoms with E-state index in [9.17, 15) is 9.59 Å². The number of aryl methyl sites for hydroxylation is 1. The SMILES string of the molecule is CNC(=O)c1ccc(C2=CCN(Cc3cc4[nH]c(=O)c5c(Cl)cnn5c4cc3C)CC2C)cn1. The fourth-order valence-corrected chi connectivity index (χ4v) is 4.88. The summed E-state index contributed by atoms with van der Waals surface area (Å²) in [5, 5.41) is 7.21. The number of nitrogens with zero attached hydrogens (tertiary/aromatic N) is 4. The predicted octanol–water partition coefficient (Wildman–Crippen LogP) is 3.43. The number of aromatic nitrogens is 4.